The molecule has 0 atom stereocenters. The number of nitrogens with zero attached hydrogens (tertiary/aromatic N) is 3. The normalized spacial score (nSPS) is 11.6. The zero-order valence-electron chi connectivity index (χ0n) is 22.5. The van der Waals surface area contributed by atoms with Crippen LogP contribution in [-0.4, -0.2) is 42.2 Å². The van der Waals surface area contributed by atoms with Crippen LogP contribution in [0.4, 0.5) is 11.5 Å². The van der Waals surface area contributed by atoms with Crippen molar-refractivity contribution in [1.82, 2.24) is 15.2 Å². The molecule has 6 rings (SSSR count). The average molecular weight is 613 g/mol. The summed E-state index contributed by atoms with van der Waals surface area (Å²) in [5.41, 5.74) is 3.47. The first-order chi connectivity index (χ1) is 20.3. The summed E-state index contributed by atoms with van der Waals surface area (Å²) < 4.78 is 28.6. The molecule has 0 aliphatic heterocycles. The third kappa shape index (κ3) is 6.49. The van der Waals surface area contributed by atoms with E-state index in [4.69, 9.17) is 16.3 Å². The molecule has 6 aromatic rings. The van der Waals surface area contributed by atoms with Gasteiger partial charge in [0, 0.05) is 54.7 Å². The fourth-order valence-corrected chi connectivity index (χ4v) is 5.92. The molecule has 0 radical (unpaired) electrons. The Labute approximate surface area is 252 Å². The fraction of sp³-hybridized carbons (Fsp3) is 0.0938. The smallest absolute Gasteiger partial charge is 0.161 e. The van der Waals surface area contributed by atoms with Crippen molar-refractivity contribution in [3.8, 4) is 17.0 Å². The van der Waals surface area contributed by atoms with Crippen molar-refractivity contribution in [2.75, 3.05) is 23.9 Å². The predicted molar refractivity (Wildman–Crippen MR) is 171 cm³/mol. The first kappa shape index (κ1) is 28.0. The van der Waals surface area contributed by atoms with Crippen LogP contribution in [0.25, 0.3) is 32.9 Å². The Hall–Kier alpha value is -4.18. The first-order valence-corrected chi connectivity index (χ1v) is 16.3. The van der Waals surface area contributed by atoms with E-state index in [2.05, 4.69) is 20.5 Å². The van der Waals surface area contributed by atoms with Crippen molar-refractivity contribution in [1.29, 1.82) is 0 Å². The van der Waals surface area contributed by atoms with E-state index in [1.165, 1.54) is 6.26 Å². The van der Waals surface area contributed by atoms with Crippen LogP contribution in [0.15, 0.2) is 113 Å². The summed E-state index contributed by atoms with van der Waals surface area (Å²) in [6.45, 7) is 0.102. The van der Waals surface area contributed by atoms with E-state index in [0.717, 1.165) is 48.4 Å². The largest absolute Gasteiger partial charge is 0.493 e. The van der Waals surface area contributed by atoms with Crippen LogP contribution < -0.4 is 10.1 Å². The maximum atomic E-state index is 11.4. The number of anilines is 2. The topological polar surface area (TPSA) is 94.1 Å². The molecule has 0 aliphatic rings. The zero-order chi connectivity index (χ0) is 29.1. The van der Waals surface area contributed by atoms with Gasteiger partial charge in [-0.25, -0.2) is 8.42 Å². The lowest BCUT2D eigenvalue weighted by molar-refractivity contribution is 0.341. The van der Waals surface area contributed by atoms with Crippen LogP contribution in [0.3, 0.4) is 0 Å². The quantitative estimate of drug-likeness (QED) is 0.177. The number of halogens is 1. The lowest BCUT2D eigenvalue weighted by Crippen LogP contribution is -2.11. The molecule has 0 bridgehead atoms. The lowest BCUT2D eigenvalue weighted by Gasteiger charge is -2.12. The van der Waals surface area contributed by atoms with Gasteiger partial charge in [-0.1, -0.05) is 59.8 Å². The van der Waals surface area contributed by atoms with Gasteiger partial charge in [0.05, 0.1) is 11.3 Å². The minimum Gasteiger partial charge on any atom is -0.493 e. The standard InChI is InChI=1S/C32H25ClN4O3S2/c1-42(38,39)19-18-40-24-12-15-29-28(20-24)30(16-17-34-29)41-25-13-10-23(11-14-25)35-32-27-5-3-2-4-26(27)31(36-37-32)21-6-8-22(33)9-7-21/h2-17,20H,18-19H2,1H3,(H,35,37). The molecule has 1 N–H and O–H groups in total. The van der Waals surface area contributed by atoms with Gasteiger partial charge in [0.25, 0.3) is 0 Å². The third-order valence-corrected chi connectivity index (χ3v) is 8.79. The monoisotopic (exact) mass is 612 g/mol. The van der Waals surface area contributed by atoms with E-state index in [0.29, 0.717) is 16.6 Å². The highest BCUT2D eigenvalue weighted by molar-refractivity contribution is 7.99. The van der Waals surface area contributed by atoms with Crippen molar-refractivity contribution in [3.05, 3.63) is 108 Å². The van der Waals surface area contributed by atoms with Crippen molar-refractivity contribution in [2.24, 2.45) is 0 Å². The molecule has 42 heavy (non-hydrogen) atoms. The van der Waals surface area contributed by atoms with Gasteiger partial charge in [0.2, 0.25) is 0 Å². The molecule has 0 fully saturated rings. The number of hydrogen-bond acceptors (Lipinski definition) is 8. The number of rotatable bonds is 9. The molecule has 7 nitrogen and oxygen atoms in total. The molecule has 0 unspecified atom stereocenters. The molecule has 0 aliphatic carbocycles. The summed E-state index contributed by atoms with van der Waals surface area (Å²) in [6, 6.07) is 31.3. The van der Waals surface area contributed by atoms with Gasteiger partial charge in [-0.05, 0) is 60.7 Å². The molecular weight excluding hydrogens is 588 g/mol. The van der Waals surface area contributed by atoms with Gasteiger partial charge in [0.1, 0.15) is 18.1 Å². The van der Waals surface area contributed by atoms with E-state index in [-0.39, 0.29) is 12.4 Å². The molecule has 210 valence electrons. The van der Waals surface area contributed by atoms with E-state index >= 15 is 0 Å². The Morgan fingerprint density at radius 3 is 2.38 bits per heavy atom. The van der Waals surface area contributed by atoms with Crippen LogP contribution in [0.5, 0.6) is 5.75 Å². The number of benzene rings is 4. The van der Waals surface area contributed by atoms with Crippen molar-refractivity contribution in [3.63, 3.8) is 0 Å². The lowest BCUT2D eigenvalue weighted by atomic mass is 10.0. The van der Waals surface area contributed by atoms with Crippen molar-refractivity contribution < 1.29 is 13.2 Å². The van der Waals surface area contributed by atoms with E-state index in [1.54, 1.807) is 24.0 Å². The second-order valence-electron chi connectivity index (χ2n) is 9.67. The SMILES string of the molecule is CS(=O)(=O)CCOc1ccc2nccc(Sc3ccc(Nc4nnc(-c5ccc(Cl)cc5)c5ccccc45)cc3)c2c1. The maximum absolute atomic E-state index is 11.4. The number of hydrogen-bond donors (Lipinski definition) is 1. The summed E-state index contributed by atoms with van der Waals surface area (Å²) in [6.07, 6.45) is 2.98. The molecule has 4 aromatic carbocycles. The van der Waals surface area contributed by atoms with Crippen LogP contribution in [0.2, 0.25) is 5.02 Å². The highest BCUT2D eigenvalue weighted by Crippen LogP contribution is 2.36. The van der Waals surface area contributed by atoms with Gasteiger partial charge >= 0.3 is 0 Å². The highest BCUT2D eigenvalue weighted by Gasteiger charge is 2.12. The number of aromatic nitrogens is 3. The van der Waals surface area contributed by atoms with Gasteiger partial charge in [-0.15, -0.1) is 10.2 Å². The highest BCUT2D eigenvalue weighted by atomic mass is 35.5. The van der Waals surface area contributed by atoms with Crippen LogP contribution in [-0.2, 0) is 9.84 Å². The maximum Gasteiger partial charge on any atom is 0.161 e. The average Bonchev–Trinajstić information content (AvgIpc) is 2.98. The van der Waals surface area contributed by atoms with Crippen LogP contribution in [0, 0.1) is 0 Å². The summed E-state index contributed by atoms with van der Waals surface area (Å²) in [5.74, 6) is 1.25. The molecule has 10 heteroatoms. The van der Waals surface area contributed by atoms with Gasteiger partial charge in [0.15, 0.2) is 15.7 Å². The van der Waals surface area contributed by atoms with E-state index in [1.807, 2.05) is 91.0 Å². The van der Waals surface area contributed by atoms with Crippen molar-refractivity contribution >= 4 is 66.4 Å². The van der Waals surface area contributed by atoms with Gasteiger partial charge in [-0.3, -0.25) is 4.98 Å². The number of nitrogens with one attached hydrogen (secondary N) is 1. The predicted octanol–water partition coefficient (Wildman–Crippen LogP) is 7.82. The van der Waals surface area contributed by atoms with E-state index in [9.17, 15) is 8.42 Å². The molecule has 2 aromatic heterocycles. The molecule has 0 spiro atoms. The second kappa shape index (κ2) is 12.0. The number of ether oxygens (including phenoxy) is 1. The Morgan fingerprint density at radius 1 is 0.857 bits per heavy atom. The number of sulfone groups is 1. The zero-order valence-corrected chi connectivity index (χ0v) is 24.9. The third-order valence-electron chi connectivity index (χ3n) is 6.55. The first-order valence-electron chi connectivity index (χ1n) is 13.1. The second-order valence-corrected chi connectivity index (χ2v) is 13.5. The summed E-state index contributed by atoms with van der Waals surface area (Å²) in [5, 5.41) is 16.0. The number of pyridine rings is 1. The minimum absolute atomic E-state index is 0.0338. The molecule has 0 amide bonds. The Morgan fingerprint density at radius 2 is 1.62 bits per heavy atom. The van der Waals surface area contributed by atoms with Gasteiger partial charge in [-0.2, -0.15) is 0 Å². The Kier molecular flexibility index (Phi) is 7.97. The summed E-state index contributed by atoms with van der Waals surface area (Å²) >= 11 is 7.69. The Balaban J connectivity index is 1.21. The summed E-state index contributed by atoms with van der Waals surface area (Å²) in [4.78, 5) is 6.53. The van der Waals surface area contributed by atoms with Crippen molar-refractivity contribution in [2.45, 2.75) is 9.79 Å². The van der Waals surface area contributed by atoms with Gasteiger partial charge < -0.3 is 10.1 Å². The van der Waals surface area contributed by atoms with Crippen LogP contribution in [0.1, 0.15) is 0 Å². The van der Waals surface area contributed by atoms with Crippen LogP contribution >= 0.6 is 23.4 Å². The molecule has 0 saturated carbocycles. The molecule has 2 heterocycles. The van der Waals surface area contributed by atoms with E-state index < -0.39 is 9.84 Å². The summed E-state index contributed by atoms with van der Waals surface area (Å²) in [7, 11) is -3.09. The molecular formula is C32H25ClN4O3S2. The number of fused-ring (bicyclic) bond motifs is 2. The fourth-order valence-electron chi connectivity index (χ4n) is 4.48. The Bertz CT molecular complexity index is 2000. The molecule has 0 saturated heterocycles. The minimum atomic E-state index is -3.09.